The highest BCUT2D eigenvalue weighted by atomic mass is 19.1. The molecule has 1 atom stereocenters. The molecule has 1 aromatic carbocycles. The number of aromatic amines is 1. The molecule has 3 rings (SSSR count). The Morgan fingerprint density at radius 1 is 1.38 bits per heavy atom. The lowest BCUT2D eigenvalue weighted by atomic mass is 10.00. The lowest BCUT2D eigenvalue weighted by Crippen LogP contribution is -2.32. The van der Waals surface area contributed by atoms with E-state index in [2.05, 4.69) is 15.4 Å². The van der Waals surface area contributed by atoms with E-state index in [-0.39, 0.29) is 30.8 Å². The second-order valence-corrected chi connectivity index (χ2v) is 4.96. The SMILES string of the molecule is N#Cc1cc(F)c(N2CC[C@@](O)(c3cn[nH]n3)C2)c(F)c1. The van der Waals surface area contributed by atoms with E-state index in [0.29, 0.717) is 5.69 Å². The zero-order chi connectivity index (χ0) is 15.0. The number of nitrogens with one attached hydrogen (secondary N) is 1. The van der Waals surface area contributed by atoms with Crippen LogP contribution in [0.5, 0.6) is 0 Å². The average Bonchev–Trinajstić information content (AvgIpc) is 3.08. The first-order valence-corrected chi connectivity index (χ1v) is 6.26. The summed E-state index contributed by atoms with van der Waals surface area (Å²) in [5.74, 6) is -1.65. The molecule has 1 aliphatic heterocycles. The fourth-order valence-corrected chi connectivity index (χ4v) is 2.55. The molecule has 0 amide bonds. The third-order valence-electron chi connectivity index (χ3n) is 3.60. The summed E-state index contributed by atoms with van der Waals surface area (Å²) in [6, 6.07) is 3.65. The van der Waals surface area contributed by atoms with Gasteiger partial charge >= 0.3 is 0 Å². The van der Waals surface area contributed by atoms with Crippen molar-refractivity contribution < 1.29 is 13.9 Å². The molecule has 1 saturated heterocycles. The van der Waals surface area contributed by atoms with E-state index in [4.69, 9.17) is 5.26 Å². The number of aliphatic hydroxyl groups is 1. The normalized spacial score (nSPS) is 21.5. The van der Waals surface area contributed by atoms with Crippen LogP contribution in [0.3, 0.4) is 0 Å². The van der Waals surface area contributed by atoms with Gasteiger partial charge in [-0.15, -0.1) is 0 Å². The van der Waals surface area contributed by atoms with Gasteiger partial charge in [0.2, 0.25) is 0 Å². The molecule has 1 aliphatic rings. The standard InChI is InChI=1S/C13H11F2N5O/c14-9-3-8(5-16)4-10(15)12(9)20-2-1-13(21,7-20)11-6-17-19-18-11/h3-4,6,21H,1-2,7H2,(H,17,18,19)/t13-/m0/s1. The monoisotopic (exact) mass is 291 g/mol. The van der Waals surface area contributed by atoms with E-state index in [0.717, 1.165) is 12.1 Å². The van der Waals surface area contributed by atoms with Gasteiger partial charge in [-0.3, -0.25) is 0 Å². The molecule has 21 heavy (non-hydrogen) atoms. The van der Waals surface area contributed by atoms with Gasteiger partial charge in [-0.1, -0.05) is 0 Å². The van der Waals surface area contributed by atoms with Crippen LogP contribution in [-0.4, -0.2) is 33.6 Å². The highest BCUT2D eigenvalue weighted by molar-refractivity contribution is 5.54. The summed E-state index contributed by atoms with van der Waals surface area (Å²) in [6.07, 6.45) is 1.66. The van der Waals surface area contributed by atoms with Gasteiger partial charge in [-0.25, -0.2) is 8.78 Å². The zero-order valence-electron chi connectivity index (χ0n) is 10.8. The van der Waals surface area contributed by atoms with Crippen LogP contribution in [-0.2, 0) is 5.60 Å². The number of halogens is 2. The lowest BCUT2D eigenvalue weighted by molar-refractivity contribution is 0.0559. The Bertz CT molecular complexity index is 689. The van der Waals surface area contributed by atoms with Crippen LogP contribution in [0.2, 0.25) is 0 Å². The van der Waals surface area contributed by atoms with E-state index in [1.54, 1.807) is 6.07 Å². The molecule has 0 saturated carbocycles. The van der Waals surface area contributed by atoms with Crippen molar-refractivity contribution in [3.05, 3.63) is 41.2 Å². The minimum atomic E-state index is -1.31. The first-order valence-electron chi connectivity index (χ1n) is 6.26. The third-order valence-corrected chi connectivity index (χ3v) is 3.60. The Labute approximate surface area is 118 Å². The van der Waals surface area contributed by atoms with Crippen LogP contribution in [0.4, 0.5) is 14.5 Å². The van der Waals surface area contributed by atoms with Crippen molar-refractivity contribution >= 4 is 5.69 Å². The number of rotatable bonds is 2. The smallest absolute Gasteiger partial charge is 0.150 e. The molecule has 2 aromatic rings. The molecule has 0 radical (unpaired) electrons. The largest absolute Gasteiger partial charge is 0.381 e. The van der Waals surface area contributed by atoms with Gasteiger partial charge in [-0.05, 0) is 12.1 Å². The topological polar surface area (TPSA) is 88.8 Å². The molecule has 0 spiro atoms. The highest BCUT2D eigenvalue weighted by Crippen LogP contribution is 2.35. The molecule has 0 aliphatic carbocycles. The third kappa shape index (κ3) is 2.21. The van der Waals surface area contributed by atoms with Gasteiger partial charge in [-0.2, -0.15) is 20.7 Å². The predicted molar refractivity (Wildman–Crippen MR) is 68.2 cm³/mol. The predicted octanol–water partition coefficient (Wildman–Crippen LogP) is 1.05. The number of aromatic nitrogens is 3. The van der Waals surface area contributed by atoms with Gasteiger partial charge in [0.1, 0.15) is 17.0 Å². The number of benzene rings is 1. The fraction of sp³-hybridized carbons (Fsp3) is 0.308. The Hall–Kier alpha value is -2.53. The summed E-state index contributed by atoms with van der Waals surface area (Å²) in [4.78, 5) is 1.40. The average molecular weight is 291 g/mol. The van der Waals surface area contributed by atoms with Crippen LogP contribution in [0.25, 0.3) is 0 Å². The minimum Gasteiger partial charge on any atom is -0.381 e. The maximum atomic E-state index is 14.0. The van der Waals surface area contributed by atoms with Crippen molar-refractivity contribution in [3.8, 4) is 6.07 Å². The summed E-state index contributed by atoms with van der Waals surface area (Å²) in [6.45, 7) is 0.266. The van der Waals surface area contributed by atoms with E-state index < -0.39 is 17.2 Å². The second-order valence-electron chi connectivity index (χ2n) is 4.96. The number of β-amino-alcohol motifs (C(OH)–C–C–N with tert-alkyl or cyclic N) is 1. The van der Waals surface area contributed by atoms with Crippen LogP contribution in [0, 0.1) is 23.0 Å². The number of nitrogens with zero attached hydrogens (tertiary/aromatic N) is 4. The first kappa shape index (κ1) is 13.5. The lowest BCUT2D eigenvalue weighted by Gasteiger charge is -2.23. The summed E-state index contributed by atoms with van der Waals surface area (Å²) in [5, 5.41) is 29.1. The van der Waals surface area contributed by atoms with Crippen molar-refractivity contribution in [2.24, 2.45) is 0 Å². The molecule has 8 heteroatoms. The first-order chi connectivity index (χ1) is 10.0. The van der Waals surface area contributed by atoms with Gasteiger partial charge in [0.05, 0.1) is 24.4 Å². The highest BCUT2D eigenvalue weighted by Gasteiger charge is 2.41. The molecular weight excluding hydrogens is 280 g/mol. The number of nitriles is 1. The maximum Gasteiger partial charge on any atom is 0.150 e. The molecule has 1 fully saturated rings. The summed E-state index contributed by atoms with van der Waals surface area (Å²) < 4.78 is 28.0. The van der Waals surface area contributed by atoms with Crippen LogP contribution in [0.15, 0.2) is 18.3 Å². The molecule has 0 unspecified atom stereocenters. The van der Waals surface area contributed by atoms with Crippen LogP contribution >= 0.6 is 0 Å². The van der Waals surface area contributed by atoms with Crippen molar-refractivity contribution in [1.29, 1.82) is 5.26 Å². The number of H-pyrrole nitrogens is 1. The molecule has 108 valence electrons. The van der Waals surface area contributed by atoms with Gasteiger partial charge in [0, 0.05) is 13.0 Å². The number of anilines is 1. The second kappa shape index (κ2) is 4.79. The zero-order valence-corrected chi connectivity index (χ0v) is 10.8. The van der Waals surface area contributed by atoms with Gasteiger partial charge < -0.3 is 10.0 Å². The molecular formula is C13H11F2N5O. The molecule has 2 N–H and O–H groups in total. The molecule has 6 nitrogen and oxygen atoms in total. The Balaban J connectivity index is 1.92. The van der Waals surface area contributed by atoms with Crippen molar-refractivity contribution in [2.75, 3.05) is 18.0 Å². The summed E-state index contributed by atoms with van der Waals surface area (Å²) in [5.41, 5.74) is -1.30. The van der Waals surface area contributed by atoms with Crippen LogP contribution < -0.4 is 4.90 Å². The number of hydrogen-bond donors (Lipinski definition) is 2. The Morgan fingerprint density at radius 2 is 2.10 bits per heavy atom. The Morgan fingerprint density at radius 3 is 2.67 bits per heavy atom. The molecule has 0 bridgehead atoms. The maximum absolute atomic E-state index is 14.0. The number of hydrogen-bond acceptors (Lipinski definition) is 5. The Kier molecular flexibility index (Phi) is 3.07. The van der Waals surface area contributed by atoms with Crippen molar-refractivity contribution in [3.63, 3.8) is 0 Å². The van der Waals surface area contributed by atoms with Crippen molar-refractivity contribution in [2.45, 2.75) is 12.0 Å². The van der Waals surface area contributed by atoms with E-state index >= 15 is 0 Å². The van der Waals surface area contributed by atoms with E-state index in [1.165, 1.54) is 11.1 Å². The van der Waals surface area contributed by atoms with Gasteiger partial charge in [0.15, 0.2) is 11.6 Å². The summed E-state index contributed by atoms with van der Waals surface area (Å²) in [7, 11) is 0. The van der Waals surface area contributed by atoms with E-state index in [9.17, 15) is 13.9 Å². The molecule has 1 aromatic heterocycles. The quantitative estimate of drug-likeness (QED) is 0.863. The van der Waals surface area contributed by atoms with Gasteiger partial charge in [0.25, 0.3) is 0 Å². The fourth-order valence-electron chi connectivity index (χ4n) is 2.55. The van der Waals surface area contributed by atoms with Crippen molar-refractivity contribution in [1.82, 2.24) is 15.4 Å². The minimum absolute atomic E-state index is 0.000721. The summed E-state index contributed by atoms with van der Waals surface area (Å²) >= 11 is 0. The van der Waals surface area contributed by atoms with Crippen LogP contribution in [0.1, 0.15) is 17.7 Å². The molecule has 2 heterocycles. The van der Waals surface area contributed by atoms with E-state index in [1.807, 2.05) is 0 Å².